The van der Waals surface area contributed by atoms with Crippen molar-refractivity contribution in [1.29, 1.82) is 0 Å². The van der Waals surface area contributed by atoms with E-state index in [2.05, 4.69) is 5.32 Å². The van der Waals surface area contributed by atoms with Gasteiger partial charge in [0.05, 0.1) is 0 Å². The first-order chi connectivity index (χ1) is 8.59. The van der Waals surface area contributed by atoms with E-state index in [1.807, 2.05) is 0 Å². The number of hydrogen-bond acceptors (Lipinski definition) is 2. The molecule has 0 heterocycles. The van der Waals surface area contributed by atoms with Crippen molar-refractivity contribution in [2.75, 3.05) is 0 Å². The number of benzene rings is 1. The minimum absolute atomic E-state index is 0.814. The zero-order valence-corrected chi connectivity index (χ0v) is 9.95. The van der Waals surface area contributed by atoms with E-state index in [4.69, 9.17) is 5.11 Å². The third kappa shape index (κ3) is 2.83. The van der Waals surface area contributed by atoms with Crippen LogP contribution in [0.4, 0.5) is 22.0 Å². The van der Waals surface area contributed by atoms with Crippen molar-refractivity contribution in [3.05, 3.63) is 34.6 Å². The molecule has 1 aromatic rings. The number of carbonyl (C=O) groups is 1. The smallest absolute Gasteiger partial charge is 0.323 e. The van der Waals surface area contributed by atoms with Crippen molar-refractivity contribution >= 4 is 5.97 Å². The monoisotopic (exact) mass is 283 g/mol. The van der Waals surface area contributed by atoms with Gasteiger partial charge < -0.3 is 5.11 Å². The number of carboxylic acid groups (broad SMARTS) is 1. The van der Waals surface area contributed by atoms with Crippen LogP contribution in [0.25, 0.3) is 0 Å². The molecule has 0 atom stereocenters. The van der Waals surface area contributed by atoms with E-state index in [1.165, 1.54) is 13.8 Å². The number of carboxylic acids is 1. The molecule has 0 unspecified atom stereocenters. The summed E-state index contributed by atoms with van der Waals surface area (Å²) >= 11 is 0. The number of rotatable bonds is 4. The largest absolute Gasteiger partial charge is 0.480 e. The van der Waals surface area contributed by atoms with Gasteiger partial charge in [-0.15, -0.1) is 0 Å². The van der Waals surface area contributed by atoms with Gasteiger partial charge in [-0.05, 0) is 13.8 Å². The highest BCUT2D eigenvalue weighted by Crippen LogP contribution is 2.23. The zero-order valence-electron chi connectivity index (χ0n) is 9.95. The first-order valence-corrected chi connectivity index (χ1v) is 5.08. The molecule has 3 nitrogen and oxygen atoms in total. The summed E-state index contributed by atoms with van der Waals surface area (Å²) < 4.78 is 65.1. The van der Waals surface area contributed by atoms with Crippen LogP contribution in [0.15, 0.2) is 0 Å². The highest BCUT2D eigenvalue weighted by atomic mass is 19.2. The molecular weight excluding hydrogens is 273 g/mol. The van der Waals surface area contributed by atoms with E-state index >= 15 is 0 Å². The maximum atomic E-state index is 13.3. The second-order valence-corrected chi connectivity index (χ2v) is 4.33. The van der Waals surface area contributed by atoms with Crippen LogP contribution in [0, 0.1) is 29.1 Å². The standard InChI is InChI=1S/C11H10F5NO2/c1-11(2,10(18)19)17-3-4-5(12)7(14)9(16)8(15)6(4)13/h17H,3H2,1-2H3,(H,18,19). The Morgan fingerprint density at radius 1 is 1.00 bits per heavy atom. The third-order valence-electron chi connectivity index (χ3n) is 2.54. The molecule has 0 fully saturated rings. The summed E-state index contributed by atoms with van der Waals surface area (Å²) in [7, 11) is 0. The molecule has 1 rings (SSSR count). The van der Waals surface area contributed by atoms with Crippen molar-refractivity contribution < 1.29 is 31.9 Å². The van der Waals surface area contributed by atoms with Gasteiger partial charge in [0.15, 0.2) is 23.3 Å². The van der Waals surface area contributed by atoms with Crippen molar-refractivity contribution in [2.45, 2.75) is 25.9 Å². The topological polar surface area (TPSA) is 49.3 Å². The van der Waals surface area contributed by atoms with E-state index < -0.39 is 52.7 Å². The van der Waals surface area contributed by atoms with Gasteiger partial charge in [-0.25, -0.2) is 22.0 Å². The summed E-state index contributed by atoms with van der Waals surface area (Å²) in [5.41, 5.74) is -2.69. The quantitative estimate of drug-likeness (QED) is 0.506. The average molecular weight is 283 g/mol. The predicted molar refractivity (Wildman–Crippen MR) is 54.8 cm³/mol. The second kappa shape index (κ2) is 5.12. The Morgan fingerprint density at radius 3 is 1.74 bits per heavy atom. The minimum Gasteiger partial charge on any atom is -0.480 e. The first kappa shape index (κ1) is 15.4. The Kier molecular flexibility index (Phi) is 4.14. The van der Waals surface area contributed by atoms with Crippen molar-refractivity contribution in [3.8, 4) is 0 Å². The first-order valence-electron chi connectivity index (χ1n) is 5.08. The second-order valence-electron chi connectivity index (χ2n) is 4.33. The van der Waals surface area contributed by atoms with Gasteiger partial charge in [-0.3, -0.25) is 10.1 Å². The average Bonchev–Trinajstić information content (AvgIpc) is 2.33. The van der Waals surface area contributed by atoms with Crippen LogP contribution in [-0.2, 0) is 11.3 Å². The molecule has 0 amide bonds. The number of halogens is 5. The molecule has 8 heteroatoms. The van der Waals surface area contributed by atoms with Crippen LogP contribution in [0.2, 0.25) is 0 Å². The fourth-order valence-electron chi connectivity index (χ4n) is 1.19. The summed E-state index contributed by atoms with van der Waals surface area (Å²) in [6.07, 6.45) is 0. The lowest BCUT2D eigenvalue weighted by molar-refractivity contribution is -0.143. The zero-order chi connectivity index (χ0) is 15.0. The van der Waals surface area contributed by atoms with Gasteiger partial charge in [-0.2, -0.15) is 0 Å². The molecule has 0 radical (unpaired) electrons. The van der Waals surface area contributed by atoms with Crippen LogP contribution < -0.4 is 5.32 Å². The van der Waals surface area contributed by atoms with Gasteiger partial charge in [0.25, 0.3) is 0 Å². The number of hydrogen-bond donors (Lipinski definition) is 2. The fraction of sp³-hybridized carbons (Fsp3) is 0.364. The van der Waals surface area contributed by atoms with Crippen LogP contribution in [-0.4, -0.2) is 16.6 Å². The highest BCUT2D eigenvalue weighted by molar-refractivity contribution is 5.77. The van der Waals surface area contributed by atoms with Gasteiger partial charge >= 0.3 is 5.97 Å². The van der Waals surface area contributed by atoms with Crippen molar-refractivity contribution in [2.24, 2.45) is 0 Å². The van der Waals surface area contributed by atoms with Gasteiger partial charge in [0.1, 0.15) is 5.54 Å². The highest BCUT2D eigenvalue weighted by Gasteiger charge is 2.30. The van der Waals surface area contributed by atoms with Gasteiger partial charge in [0.2, 0.25) is 5.82 Å². The molecule has 0 spiro atoms. The lowest BCUT2D eigenvalue weighted by Gasteiger charge is -2.21. The Morgan fingerprint density at radius 2 is 1.37 bits per heavy atom. The molecule has 0 aliphatic rings. The Hall–Kier alpha value is -1.70. The fourth-order valence-corrected chi connectivity index (χ4v) is 1.19. The molecule has 1 aromatic carbocycles. The normalized spacial score (nSPS) is 11.7. The van der Waals surface area contributed by atoms with Crippen LogP contribution in [0.3, 0.4) is 0 Å². The van der Waals surface area contributed by atoms with Gasteiger partial charge in [0, 0.05) is 12.1 Å². The maximum Gasteiger partial charge on any atom is 0.323 e. The van der Waals surface area contributed by atoms with Crippen LogP contribution in [0.5, 0.6) is 0 Å². The molecule has 0 aromatic heterocycles. The summed E-state index contributed by atoms with van der Waals surface area (Å²) in [6.45, 7) is 1.55. The van der Waals surface area contributed by atoms with Gasteiger partial charge in [-0.1, -0.05) is 0 Å². The molecule has 0 saturated carbocycles. The summed E-state index contributed by atoms with van der Waals surface area (Å²) in [5.74, 6) is -11.7. The molecular formula is C11H10F5NO2. The molecule has 0 bridgehead atoms. The lowest BCUT2D eigenvalue weighted by atomic mass is 10.1. The number of aliphatic carboxylic acids is 1. The molecule has 0 saturated heterocycles. The van der Waals surface area contributed by atoms with Crippen LogP contribution >= 0.6 is 0 Å². The van der Waals surface area contributed by atoms with E-state index in [0.29, 0.717) is 0 Å². The predicted octanol–water partition coefficient (Wildman–Crippen LogP) is 2.33. The number of nitrogens with one attached hydrogen (secondary N) is 1. The minimum atomic E-state index is -2.25. The molecule has 2 N–H and O–H groups in total. The van der Waals surface area contributed by atoms with E-state index in [0.717, 1.165) is 0 Å². The van der Waals surface area contributed by atoms with E-state index in [-0.39, 0.29) is 0 Å². The lowest BCUT2D eigenvalue weighted by Crippen LogP contribution is -2.46. The summed E-state index contributed by atoms with van der Waals surface area (Å²) in [5, 5.41) is 10.9. The van der Waals surface area contributed by atoms with E-state index in [1.54, 1.807) is 0 Å². The van der Waals surface area contributed by atoms with Crippen LogP contribution in [0.1, 0.15) is 19.4 Å². The Bertz CT molecular complexity index is 501. The Labute approximate surface area is 105 Å². The van der Waals surface area contributed by atoms with E-state index in [9.17, 15) is 26.7 Å². The molecule has 19 heavy (non-hydrogen) atoms. The summed E-state index contributed by atoms with van der Waals surface area (Å²) in [4.78, 5) is 10.7. The maximum absolute atomic E-state index is 13.3. The van der Waals surface area contributed by atoms with Crippen molar-refractivity contribution in [3.63, 3.8) is 0 Å². The van der Waals surface area contributed by atoms with Crippen molar-refractivity contribution in [1.82, 2.24) is 5.32 Å². The Balaban J connectivity index is 3.13. The third-order valence-corrected chi connectivity index (χ3v) is 2.54. The molecule has 0 aliphatic carbocycles. The summed E-state index contributed by atoms with van der Waals surface area (Å²) in [6, 6.07) is 0. The molecule has 106 valence electrons. The molecule has 0 aliphatic heterocycles. The SMILES string of the molecule is CC(C)(NCc1c(F)c(F)c(F)c(F)c1F)C(=O)O.